The van der Waals surface area contributed by atoms with Crippen LogP contribution in [0.1, 0.15) is 52.7 Å². The molecule has 0 unspecified atom stereocenters. The summed E-state index contributed by atoms with van der Waals surface area (Å²) in [4.78, 5) is 5.23. The molecule has 17 aromatic carbocycles. The van der Waals surface area contributed by atoms with Crippen molar-refractivity contribution in [2.75, 3.05) is 4.90 Å². The molecule has 3 aromatic heterocycles. The summed E-state index contributed by atoms with van der Waals surface area (Å²) in [5.74, 6) is 0. The van der Waals surface area contributed by atoms with Gasteiger partial charge >= 0.3 is 0 Å². The lowest BCUT2D eigenvalue weighted by Gasteiger charge is -2.43. The van der Waals surface area contributed by atoms with Crippen LogP contribution in [0.4, 0.5) is 17.1 Å². The third-order valence-corrected chi connectivity index (χ3v) is 25.7. The summed E-state index contributed by atoms with van der Waals surface area (Å²) in [6.45, 7) is 14.0. The summed E-state index contributed by atoms with van der Waals surface area (Å²) in [7, 11) is 0. The molecule has 0 amide bonds. The van der Waals surface area contributed by atoms with E-state index in [1.165, 1.54) is 114 Å². The molecule has 550 valence electrons. The highest BCUT2D eigenvalue weighted by Crippen LogP contribution is 2.54. The van der Waals surface area contributed by atoms with Crippen LogP contribution in [0.15, 0.2) is 392 Å². The second-order valence-corrected chi connectivity index (χ2v) is 34.6. The second kappa shape index (κ2) is 27.0. The van der Waals surface area contributed by atoms with E-state index in [0.717, 1.165) is 101 Å². The molecule has 0 saturated heterocycles. The molecular formula is C110H81BN4S. The van der Waals surface area contributed by atoms with Crippen molar-refractivity contribution in [1.82, 2.24) is 13.7 Å². The molecule has 0 aliphatic carbocycles. The average Bonchev–Trinajstić information content (AvgIpc) is 0.951. The fourth-order valence-electron chi connectivity index (χ4n) is 18.9. The van der Waals surface area contributed by atoms with Gasteiger partial charge in [0, 0.05) is 81.7 Å². The number of para-hydroxylation sites is 6. The normalized spacial score (nSPS) is 12.7. The number of aromatic nitrogens is 3. The lowest BCUT2D eigenvalue weighted by Crippen LogP contribution is -2.60. The molecule has 2 aliphatic rings. The van der Waals surface area contributed by atoms with E-state index in [9.17, 15) is 0 Å². The molecule has 0 spiro atoms. The first kappa shape index (κ1) is 69.1. The summed E-state index contributed by atoms with van der Waals surface area (Å²) >= 11 is 1.96. The Kier molecular flexibility index (Phi) is 16.1. The first-order valence-electron chi connectivity index (χ1n) is 40.6. The van der Waals surface area contributed by atoms with Crippen molar-refractivity contribution in [2.45, 2.75) is 62.2 Å². The van der Waals surface area contributed by atoms with Gasteiger partial charge in [0.2, 0.25) is 6.71 Å². The maximum Gasteiger partial charge on any atom is 0.249 e. The lowest BCUT2D eigenvalue weighted by molar-refractivity contribution is 0.589. The maximum absolute atomic E-state index is 2.73. The predicted octanol–water partition coefficient (Wildman–Crippen LogP) is 28.0. The molecule has 22 rings (SSSR count). The molecule has 116 heavy (non-hydrogen) atoms. The van der Waals surface area contributed by atoms with Gasteiger partial charge in [-0.3, -0.25) is 0 Å². The largest absolute Gasteiger partial charge is 0.310 e. The Morgan fingerprint density at radius 2 is 0.603 bits per heavy atom. The lowest BCUT2D eigenvalue weighted by atomic mass is 9.34. The van der Waals surface area contributed by atoms with E-state index in [0.29, 0.717) is 0 Å². The van der Waals surface area contributed by atoms with Crippen molar-refractivity contribution >= 4 is 117 Å². The zero-order valence-electron chi connectivity index (χ0n) is 65.6. The zero-order valence-corrected chi connectivity index (χ0v) is 66.5. The van der Waals surface area contributed by atoms with Gasteiger partial charge in [0.05, 0.1) is 38.8 Å². The highest BCUT2D eigenvalue weighted by molar-refractivity contribution is 8.00. The van der Waals surface area contributed by atoms with Gasteiger partial charge in [-0.1, -0.05) is 320 Å². The molecule has 2 aliphatic heterocycles. The quantitative estimate of drug-likeness (QED) is 0.120. The van der Waals surface area contributed by atoms with Crippen molar-refractivity contribution in [3.63, 3.8) is 0 Å². The van der Waals surface area contributed by atoms with Crippen LogP contribution in [-0.4, -0.2) is 20.4 Å². The van der Waals surface area contributed by atoms with Crippen LogP contribution in [0.5, 0.6) is 0 Å². The van der Waals surface area contributed by atoms with Crippen molar-refractivity contribution < 1.29 is 0 Å². The van der Waals surface area contributed by atoms with Gasteiger partial charge in [-0.15, -0.1) is 0 Å². The van der Waals surface area contributed by atoms with Gasteiger partial charge in [-0.05, 0) is 221 Å². The van der Waals surface area contributed by atoms with Gasteiger partial charge in [-0.2, -0.15) is 0 Å². The molecule has 0 N–H and O–H groups in total. The minimum Gasteiger partial charge on any atom is -0.310 e. The van der Waals surface area contributed by atoms with Crippen LogP contribution in [0, 0.1) is 0 Å². The fraction of sp³-hybridized carbons (Fsp3) is 0.0727. The number of nitrogens with zero attached hydrogens (tertiary/aromatic N) is 4. The third kappa shape index (κ3) is 11.4. The summed E-state index contributed by atoms with van der Waals surface area (Å²) < 4.78 is 7.46. The standard InChI is InChI=1S/C110H81BN4S/c1-109(2,3)81-65-92(73-35-15-9-16-36-73)107(93(66-81)74-37-17-10-18-38-74)115-103-64-75(72-51-54-83(55-52-72)112-97-45-25-19-39-86(97)87-40-20-26-46-98(87)112)53-56-95(103)111-96-63-79(78-58-76(70-31-11-7-12-32-70)57-77(59-78)71-33-13-8-14-34-71)62-94(108(96)116-105-68-82(110(4,5)6)67-104(115)106(105)111)80-60-84(113-99-47-27-21-41-88(99)89-42-22-28-48-100(89)113)69-85(61-80)114-101-49-29-23-43-90(101)91-44-24-30-50-102(91)114/h7-69H,1-6H3. The number of rotatable bonds is 11. The first-order valence-corrected chi connectivity index (χ1v) is 41.4. The summed E-state index contributed by atoms with van der Waals surface area (Å²) in [5.41, 5.74) is 35.9. The van der Waals surface area contributed by atoms with Crippen molar-refractivity contribution in [1.29, 1.82) is 0 Å². The number of hydrogen-bond donors (Lipinski definition) is 0. The van der Waals surface area contributed by atoms with Crippen molar-refractivity contribution in [3.05, 3.63) is 393 Å². The first-order chi connectivity index (χ1) is 56.8. The van der Waals surface area contributed by atoms with Crippen LogP contribution in [0.25, 0.3) is 160 Å². The number of fused-ring (bicyclic) bond motifs is 13. The minimum atomic E-state index is -0.269. The fourth-order valence-corrected chi connectivity index (χ4v) is 20.2. The Morgan fingerprint density at radius 3 is 1.03 bits per heavy atom. The predicted molar refractivity (Wildman–Crippen MR) is 495 cm³/mol. The molecule has 4 nitrogen and oxygen atoms in total. The summed E-state index contributed by atoms with van der Waals surface area (Å²) in [5, 5.41) is 7.38. The molecule has 20 aromatic rings. The van der Waals surface area contributed by atoms with E-state index in [1.54, 1.807) is 0 Å². The van der Waals surface area contributed by atoms with Gasteiger partial charge < -0.3 is 18.6 Å². The minimum absolute atomic E-state index is 0.189. The van der Waals surface area contributed by atoms with E-state index in [2.05, 4.69) is 442 Å². The van der Waals surface area contributed by atoms with Gasteiger partial charge in [0.1, 0.15) is 0 Å². The van der Waals surface area contributed by atoms with E-state index in [4.69, 9.17) is 0 Å². The molecule has 5 heterocycles. The summed E-state index contributed by atoms with van der Waals surface area (Å²) in [6.07, 6.45) is 0. The maximum atomic E-state index is 2.73. The highest BCUT2D eigenvalue weighted by Gasteiger charge is 2.45. The molecule has 0 saturated carbocycles. The SMILES string of the molecule is CC(C)(C)c1cc(-c2ccccc2)c(N2c3cc(-c4ccc(-n5c6ccccc6c6ccccc65)cc4)ccc3B3c4cc(-c5cc(-c6ccccc6)cc(-c6ccccc6)c5)cc(-c5cc(-n6c7ccccc7c7ccccc76)cc(-n6c7ccccc7c7ccccc76)c5)c4Sc4cc(C(C)(C)C)cc2c43)c(-c2ccccc2)c1. The zero-order chi connectivity index (χ0) is 77.7. The molecule has 0 bridgehead atoms. The number of anilines is 3. The van der Waals surface area contributed by atoms with E-state index in [-0.39, 0.29) is 17.5 Å². The van der Waals surface area contributed by atoms with Crippen LogP contribution < -0.4 is 21.3 Å². The Hall–Kier alpha value is -13.6. The molecule has 0 radical (unpaired) electrons. The van der Waals surface area contributed by atoms with E-state index in [1.807, 2.05) is 11.8 Å². The Morgan fingerprint density at radius 1 is 0.241 bits per heavy atom. The topological polar surface area (TPSA) is 18.0 Å². The van der Waals surface area contributed by atoms with E-state index >= 15 is 0 Å². The van der Waals surface area contributed by atoms with Gasteiger partial charge in [0.15, 0.2) is 0 Å². The van der Waals surface area contributed by atoms with Gasteiger partial charge in [0.25, 0.3) is 0 Å². The Bertz CT molecular complexity index is 6950. The number of hydrogen-bond acceptors (Lipinski definition) is 2. The molecule has 0 atom stereocenters. The Labute approximate surface area is 681 Å². The number of benzene rings is 17. The monoisotopic (exact) mass is 1500 g/mol. The van der Waals surface area contributed by atoms with E-state index < -0.39 is 0 Å². The van der Waals surface area contributed by atoms with Crippen LogP contribution in [0.3, 0.4) is 0 Å². The van der Waals surface area contributed by atoms with Crippen molar-refractivity contribution in [3.8, 4) is 95.0 Å². The molecule has 6 heteroatoms. The van der Waals surface area contributed by atoms with Crippen LogP contribution in [0.2, 0.25) is 0 Å². The highest BCUT2D eigenvalue weighted by atomic mass is 32.2. The molecule has 0 fully saturated rings. The van der Waals surface area contributed by atoms with Crippen molar-refractivity contribution in [2.24, 2.45) is 0 Å². The average molecular weight is 1500 g/mol. The Balaban J connectivity index is 0.863. The molecular weight excluding hydrogens is 1420 g/mol. The van der Waals surface area contributed by atoms with Crippen LogP contribution in [-0.2, 0) is 10.8 Å². The summed E-state index contributed by atoms with van der Waals surface area (Å²) in [6, 6.07) is 145. The third-order valence-electron chi connectivity index (χ3n) is 24.5. The van der Waals surface area contributed by atoms with Crippen LogP contribution >= 0.6 is 11.8 Å². The van der Waals surface area contributed by atoms with Gasteiger partial charge in [-0.25, -0.2) is 0 Å². The second-order valence-electron chi connectivity index (χ2n) is 33.6. The smallest absolute Gasteiger partial charge is 0.249 e.